The maximum atomic E-state index is 11.8. The first kappa shape index (κ1) is 15.7. The van der Waals surface area contributed by atoms with Gasteiger partial charge in [-0.15, -0.1) is 12.4 Å². The average Bonchev–Trinajstić information content (AvgIpc) is 2.81. The van der Waals surface area contributed by atoms with Crippen LogP contribution in [-0.2, 0) is 4.79 Å². The Balaban J connectivity index is 0.00000225. The van der Waals surface area contributed by atoms with Crippen molar-refractivity contribution in [3.63, 3.8) is 0 Å². The summed E-state index contributed by atoms with van der Waals surface area (Å²) in [6, 6.07) is 0. The first-order chi connectivity index (χ1) is 6.77. The zero-order valence-electron chi connectivity index (χ0n) is 10.8. The summed E-state index contributed by atoms with van der Waals surface area (Å²) in [5.74, 6) is 0.716. The van der Waals surface area contributed by atoms with Crippen LogP contribution in [0.5, 0.6) is 0 Å². The van der Waals surface area contributed by atoms with Gasteiger partial charge in [0.05, 0.1) is 5.54 Å². The fraction of sp³-hybridized carbons (Fsp3) is 0.917. The number of hydrogen-bond donors (Lipinski definition) is 2. The Hall–Kier alpha value is -0.280. The van der Waals surface area contributed by atoms with Crippen molar-refractivity contribution in [1.82, 2.24) is 5.32 Å². The van der Waals surface area contributed by atoms with Crippen molar-refractivity contribution in [3.8, 4) is 0 Å². The average molecular weight is 249 g/mol. The number of hydrogen-bond acceptors (Lipinski definition) is 2. The van der Waals surface area contributed by atoms with Gasteiger partial charge in [0, 0.05) is 13.0 Å². The number of amides is 1. The van der Waals surface area contributed by atoms with Gasteiger partial charge in [0.15, 0.2) is 0 Å². The number of carbonyl (C=O) groups is 1. The molecule has 0 radical (unpaired) electrons. The van der Waals surface area contributed by atoms with Gasteiger partial charge in [-0.25, -0.2) is 0 Å². The number of carbonyl (C=O) groups excluding carboxylic acids is 1. The second-order valence-electron chi connectivity index (χ2n) is 6.18. The SMILES string of the molecule is CC(C)(C)CC(=O)NC(C)(CN)C1CC1.Cl. The van der Waals surface area contributed by atoms with Crippen LogP contribution in [-0.4, -0.2) is 18.0 Å². The molecule has 0 saturated heterocycles. The second kappa shape index (κ2) is 5.37. The fourth-order valence-corrected chi connectivity index (χ4v) is 1.88. The summed E-state index contributed by atoms with van der Waals surface area (Å²) in [6.07, 6.45) is 2.96. The molecule has 3 N–H and O–H groups in total. The Morgan fingerprint density at radius 2 is 1.81 bits per heavy atom. The lowest BCUT2D eigenvalue weighted by atomic mass is 9.90. The molecule has 16 heavy (non-hydrogen) atoms. The zero-order chi connectivity index (χ0) is 11.7. The van der Waals surface area contributed by atoms with Crippen molar-refractivity contribution < 1.29 is 4.79 Å². The second-order valence-corrected chi connectivity index (χ2v) is 6.18. The lowest BCUT2D eigenvalue weighted by Crippen LogP contribution is -2.53. The summed E-state index contributed by atoms with van der Waals surface area (Å²) in [5, 5.41) is 3.10. The molecule has 1 unspecified atom stereocenters. The first-order valence-electron chi connectivity index (χ1n) is 5.78. The van der Waals surface area contributed by atoms with E-state index in [1.807, 2.05) is 0 Å². The smallest absolute Gasteiger partial charge is 0.220 e. The fourth-order valence-electron chi connectivity index (χ4n) is 1.88. The largest absolute Gasteiger partial charge is 0.349 e. The molecular formula is C12H25ClN2O. The van der Waals surface area contributed by atoms with Crippen molar-refractivity contribution in [1.29, 1.82) is 0 Å². The standard InChI is InChI=1S/C12H24N2O.ClH/c1-11(2,3)7-10(15)14-12(4,8-13)9-5-6-9;/h9H,5-8,13H2,1-4H3,(H,14,15);1H. The van der Waals surface area contributed by atoms with Gasteiger partial charge in [-0.2, -0.15) is 0 Å². The normalized spacial score (nSPS) is 19.6. The minimum atomic E-state index is -0.178. The number of nitrogens with one attached hydrogen (secondary N) is 1. The van der Waals surface area contributed by atoms with Crippen LogP contribution in [0.25, 0.3) is 0 Å². The van der Waals surface area contributed by atoms with Crippen LogP contribution in [0.4, 0.5) is 0 Å². The van der Waals surface area contributed by atoms with E-state index in [0.717, 1.165) is 0 Å². The zero-order valence-corrected chi connectivity index (χ0v) is 11.6. The van der Waals surface area contributed by atoms with Crippen molar-refractivity contribution in [2.24, 2.45) is 17.1 Å². The summed E-state index contributed by atoms with van der Waals surface area (Å²) in [4.78, 5) is 11.8. The Morgan fingerprint density at radius 1 is 1.31 bits per heavy atom. The van der Waals surface area contributed by atoms with Crippen LogP contribution in [0.2, 0.25) is 0 Å². The van der Waals surface area contributed by atoms with Gasteiger partial charge in [0.2, 0.25) is 5.91 Å². The Morgan fingerprint density at radius 3 is 2.12 bits per heavy atom. The van der Waals surface area contributed by atoms with Crippen LogP contribution in [0.3, 0.4) is 0 Å². The van der Waals surface area contributed by atoms with E-state index in [1.165, 1.54) is 12.8 Å². The van der Waals surface area contributed by atoms with Crippen LogP contribution >= 0.6 is 12.4 Å². The third kappa shape index (κ3) is 4.71. The van der Waals surface area contributed by atoms with Crippen LogP contribution < -0.4 is 11.1 Å². The van der Waals surface area contributed by atoms with Crippen LogP contribution in [0.1, 0.15) is 47.0 Å². The Kier molecular flexibility index (Phi) is 5.27. The maximum absolute atomic E-state index is 11.8. The number of rotatable bonds is 4. The van der Waals surface area contributed by atoms with Gasteiger partial charge in [-0.1, -0.05) is 20.8 Å². The van der Waals surface area contributed by atoms with E-state index in [0.29, 0.717) is 18.9 Å². The van der Waals surface area contributed by atoms with E-state index in [2.05, 4.69) is 33.0 Å². The molecule has 0 heterocycles. The molecule has 1 rings (SSSR count). The molecule has 4 heteroatoms. The van der Waals surface area contributed by atoms with Gasteiger partial charge in [0.25, 0.3) is 0 Å². The molecule has 1 amide bonds. The molecule has 0 bridgehead atoms. The molecule has 1 atom stereocenters. The third-order valence-corrected chi connectivity index (χ3v) is 3.02. The van der Waals surface area contributed by atoms with E-state index in [-0.39, 0.29) is 29.3 Å². The predicted molar refractivity (Wildman–Crippen MR) is 69.6 cm³/mol. The maximum Gasteiger partial charge on any atom is 0.220 e. The highest BCUT2D eigenvalue weighted by Crippen LogP contribution is 2.39. The molecule has 1 aliphatic rings. The molecule has 0 aromatic carbocycles. The molecular weight excluding hydrogens is 224 g/mol. The molecule has 1 fully saturated rings. The van der Waals surface area contributed by atoms with E-state index in [1.54, 1.807) is 0 Å². The van der Waals surface area contributed by atoms with Gasteiger partial charge < -0.3 is 11.1 Å². The molecule has 0 aromatic rings. The lowest BCUT2D eigenvalue weighted by molar-refractivity contribution is -0.124. The summed E-state index contributed by atoms with van der Waals surface area (Å²) >= 11 is 0. The summed E-state index contributed by atoms with van der Waals surface area (Å²) in [7, 11) is 0. The quantitative estimate of drug-likeness (QED) is 0.801. The van der Waals surface area contributed by atoms with Crippen molar-refractivity contribution in [2.75, 3.05) is 6.54 Å². The predicted octanol–water partition coefficient (Wildman–Crippen LogP) is 2.09. The molecule has 0 aromatic heterocycles. The van der Waals surface area contributed by atoms with Crippen molar-refractivity contribution in [3.05, 3.63) is 0 Å². The third-order valence-electron chi connectivity index (χ3n) is 3.02. The molecule has 0 spiro atoms. The summed E-state index contributed by atoms with van der Waals surface area (Å²) in [5.41, 5.74) is 5.61. The van der Waals surface area contributed by atoms with E-state index in [4.69, 9.17) is 5.73 Å². The monoisotopic (exact) mass is 248 g/mol. The van der Waals surface area contributed by atoms with E-state index < -0.39 is 0 Å². The highest BCUT2D eigenvalue weighted by Gasteiger charge is 2.41. The number of nitrogens with two attached hydrogens (primary N) is 1. The van der Waals surface area contributed by atoms with Crippen LogP contribution in [0, 0.1) is 11.3 Å². The Bertz CT molecular complexity index is 246. The lowest BCUT2D eigenvalue weighted by Gasteiger charge is -2.31. The van der Waals surface area contributed by atoms with Crippen molar-refractivity contribution >= 4 is 18.3 Å². The molecule has 96 valence electrons. The Labute approximate surface area is 105 Å². The first-order valence-corrected chi connectivity index (χ1v) is 5.78. The van der Waals surface area contributed by atoms with E-state index in [9.17, 15) is 4.79 Å². The number of halogens is 1. The molecule has 3 nitrogen and oxygen atoms in total. The van der Waals surface area contributed by atoms with Crippen molar-refractivity contribution in [2.45, 2.75) is 52.5 Å². The molecule has 1 aliphatic carbocycles. The molecule has 0 aliphatic heterocycles. The van der Waals surface area contributed by atoms with Gasteiger partial charge in [-0.05, 0) is 31.1 Å². The highest BCUT2D eigenvalue weighted by atomic mass is 35.5. The summed E-state index contributed by atoms with van der Waals surface area (Å²) in [6.45, 7) is 8.81. The van der Waals surface area contributed by atoms with Gasteiger partial charge in [-0.3, -0.25) is 4.79 Å². The summed E-state index contributed by atoms with van der Waals surface area (Å²) < 4.78 is 0. The van der Waals surface area contributed by atoms with Crippen LogP contribution in [0.15, 0.2) is 0 Å². The van der Waals surface area contributed by atoms with Gasteiger partial charge >= 0.3 is 0 Å². The minimum Gasteiger partial charge on any atom is -0.349 e. The van der Waals surface area contributed by atoms with E-state index >= 15 is 0 Å². The topological polar surface area (TPSA) is 55.1 Å². The highest BCUT2D eigenvalue weighted by molar-refractivity contribution is 5.85. The van der Waals surface area contributed by atoms with Gasteiger partial charge in [0.1, 0.15) is 0 Å². The molecule has 1 saturated carbocycles. The minimum absolute atomic E-state index is 0.